The molecule has 0 radical (unpaired) electrons. The van der Waals surface area contributed by atoms with Crippen LogP contribution in [0, 0.1) is 11.8 Å². The first-order valence-corrected chi connectivity index (χ1v) is 14.3. The Morgan fingerprint density at radius 2 is 1.89 bits per heavy atom. The predicted molar refractivity (Wildman–Crippen MR) is 139 cm³/mol. The lowest BCUT2D eigenvalue weighted by atomic mass is 9.98. The Balaban J connectivity index is 1.48. The summed E-state index contributed by atoms with van der Waals surface area (Å²) < 4.78 is 30.6. The molecule has 2 N–H and O–H groups in total. The van der Waals surface area contributed by atoms with Crippen LogP contribution in [-0.2, 0) is 19.6 Å². The number of nitrogens with zero attached hydrogens (tertiary/aromatic N) is 2. The van der Waals surface area contributed by atoms with Gasteiger partial charge in [-0.3, -0.25) is 4.79 Å². The van der Waals surface area contributed by atoms with Crippen molar-refractivity contribution in [2.24, 2.45) is 11.8 Å². The van der Waals surface area contributed by atoms with Crippen LogP contribution in [0.15, 0.2) is 30.5 Å². The number of carbonyl (C=O) groups is 1. The van der Waals surface area contributed by atoms with Crippen molar-refractivity contribution in [2.45, 2.75) is 25.7 Å². The molecule has 1 unspecified atom stereocenters. The van der Waals surface area contributed by atoms with E-state index in [-0.39, 0.29) is 12.5 Å². The molecule has 2 fully saturated rings. The molecule has 35 heavy (non-hydrogen) atoms. The fraction of sp³-hybridized carbons (Fsp3) is 0.500. The van der Waals surface area contributed by atoms with Crippen LogP contribution in [0.1, 0.15) is 25.7 Å². The van der Waals surface area contributed by atoms with Crippen LogP contribution in [-0.4, -0.2) is 62.7 Å². The van der Waals surface area contributed by atoms with Crippen molar-refractivity contribution in [2.75, 3.05) is 49.7 Å². The van der Waals surface area contributed by atoms with Crippen molar-refractivity contribution in [3.8, 4) is 11.1 Å². The Hall–Kier alpha value is -1.91. The van der Waals surface area contributed by atoms with Crippen molar-refractivity contribution < 1.29 is 17.9 Å². The first kappa shape index (κ1) is 26.2. The lowest BCUT2D eigenvalue weighted by Gasteiger charge is -2.30. The number of pyridine rings is 1. The van der Waals surface area contributed by atoms with Gasteiger partial charge in [0.15, 0.2) is 0 Å². The Kier molecular flexibility index (Phi) is 8.54. The van der Waals surface area contributed by atoms with Crippen LogP contribution in [0.3, 0.4) is 0 Å². The van der Waals surface area contributed by atoms with Crippen LogP contribution >= 0.6 is 23.2 Å². The van der Waals surface area contributed by atoms with Crippen molar-refractivity contribution in [3.05, 3.63) is 40.5 Å². The third-order valence-corrected chi connectivity index (χ3v) is 8.42. The van der Waals surface area contributed by atoms with E-state index in [1.165, 1.54) is 10.5 Å². The molecule has 8 nitrogen and oxygen atoms in total. The van der Waals surface area contributed by atoms with E-state index in [0.29, 0.717) is 46.7 Å². The molecule has 1 aromatic heterocycles. The minimum atomic E-state index is -3.34. The summed E-state index contributed by atoms with van der Waals surface area (Å²) >= 11 is 13.0. The van der Waals surface area contributed by atoms with Gasteiger partial charge < -0.3 is 15.4 Å². The largest absolute Gasteiger partial charge is 0.385 e. The zero-order valence-electron chi connectivity index (χ0n) is 19.6. The van der Waals surface area contributed by atoms with E-state index in [0.717, 1.165) is 50.1 Å². The summed E-state index contributed by atoms with van der Waals surface area (Å²) in [5.74, 6) is 0.188. The molecular weight excluding hydrogens is 511 g/mol. The van der Waals surface area contributed by atoms with Crippen molar-refractivity contribution >= 4 is 50.6 Å². The van der Waals surface area contributed by atoms with Crippen LogP contribution in [0.25, 0.3) is 11.1 Å². The monoisotopic (exact) mass is 540 g/mol. The number of sulfonamides is 1. The molecule has 2 aliphatic heterocycles. The Morgan fingerprint density at radius 1 is 1.14 bits per heavy atom. The number of hydrogen-bond acceptors (Lipinski definition) is 6. The lowest BCUT2D eigenvalue weighted by molar-refractivity contribution is -0.120. The van der Waals surface area contributed by atoms with E-state index in [9.17, 15) is 13.2 Å². The maximum Gasteiger partial charge on any atom is 0.229 e. The van der Waals surface area contributed by atoms with E-state index in [2.05, 4.69) is 15.6 Å². The number of halogens is 2. The minimum absolute atomic E-state index is 0.164. The quantitative estimate of drug-likeness (QED) is 0.536. The summed E-state index contributed by atoms with van der Waals surface area (Å²) in [4.78, 5) is 17.1. The SMILES string of the molecule is CS(=O)(=O)N1CCCC(C(=O)Nc2cc(-c3cc(NCC4CCOCC4)ccc3Cl)c(Cl)cn2)C1. The topological polar surface area (TPSA) is 101 Å². The smallest absolute Gasteiger partial charge is 0.229 e. The molecule has 3 heterocycles. The standard InChI is InChI=1S/C24H30Cl2N4O4S/c1-35(32,33)30-8-2-3-17(15-30)24(31)29-23-12-20(22(26)14-28-23)19-11-18(4-5-21(19)25)27-13-16-6-9-34-10-7-16/h4-5,11-12,14,16-17,27H,2-3,6-10,13,15H2,1H3,(H,28,29,31). The fourth-order valence-electron chi connectivity index (χ4n) is 4.45. The van der Waals surface area contributed by atoms with Gasteiger partial charge in [0.1, 0.15) is 5.82 Å². The number of anilines is 2. The maximum atomic E-state index is 12.9. The average molecular weight is 542 g/mol. The Labute approximate surface area is 216 Å². The third kappa shape index (κ3) is 6.86. The molecule has 1 amide bonds. The number of amides is 1. The molecule has 190 valence electrons. The van der Waals surface area contributed by atoms with E-state index in [4.69, 9.17) is 27.9 Å². The lowest BCUT2D eigenvalue weighted by Crippen LogP contribution is -2.43. The van der Waals surface area contributed by atoms with Gasteiger partial charge in [0.25, 0.3) is 0 Å². The van der Waals surface area contributed by atoms with Gasteiger partial charge >= 0.3 is 0 Å². The summed E-state index contributed by atoms with van der Waals surface area (Å²) in [5, 5.41) is 7.24. The van der Waals surface area contributed by atoms with E-state index in [1.54, 1.807) is 6.07 Å². The Bertz CT molecular complexity index is 1170. The molecule has 2 saturated heterocycles. The fourth-order valence-corrected chi connectivity index (χ4v) is 5.79. The second-order valence-corrected chi connectivity index (χ2v) is 11.9. The summed E-state index contributed by atoms with van der Waals surface area (Å²) in [6.07, 6.45) is 5.97. The summed E-state index contributed by atoms with van der Waals surface area (Å²) in [6.45, 7) is 3.04. The second kappa shape index (κ2) is 11.4. The number of piperidine rings is 1. The predicted octanol–water partition coefficient (Wildman–Crippen LogP) is 4.50. The van der Waals surface area contributed by atoms with Gasteiger partial charge in [-0.1, -0.05) is 23.2 Å². The first-order chi connectivity index (χ1) is 16.7. The number of aromatic nitrogens is 1. The van der Waals surface area contributed by atoms with Crippen molar-refractivity contribution in [3.63, 3.8) is 0 Å². The summed E-state index contributed by atoms with van der Waals surface area (Å²) in [5.41, 5.74) is 2.31. The van der Waals surface area contributed by atoms with Crippen LogP contribution in [0.4, 0.5) is 11.5 Å². The van der Waals surface area contributed by atoms with E-state index < -0.39 is 15.9 Å². The second-order valence-electron chi connectivity index (χ2n) is 9.13. The molecule has 0 saturated carbocycles. The van der Waals surface area contributed by atoms with E-state index >= 15 is 0 Å². The number of carbonyl (C=O) groups excluding carboxylic acids is 1. The van der Waals surface area contributed by atoms with Gasteiger partial charge in [-0.15, -0.1) is 0 Å². The zero-order chi connectivity index (χ0) is 25.0. The molecule has 4 rings (SSSR count). The maximum absolute atomic E-state index is 12.9. The summed E-state index contributed by atoms with van der Waals surface area (Å²) in [6, 6.07) is 7.39. The highest BCUT2D eigenvalue weighted by atomic mass is 35.5. The van der Waals surface area contributed by atoms with Crippen LogP contribution < -0.4 is 10.6 Å². The van der Waals surface area contributed by atoms with Crippen molar-refractivity contribution in [1.82, 2.24) is 9.29 Å². The van der Waals surface area contributed by atoms with Gasteiger partial charge in [-0.2, -0.15) is 0 Å². The minimum Gasteiger partial charge on any atom is -0.385 e. The molecule has 0 bridgehead atoms. The average Bonchev–Trinajstić information content (AvgIpc) is 2.85. The van der Waals surface area contributed by atoms with Crippen molar-refractivity contribution in [1.29, 1.82) is 0 Å². The first-order valence-electron chi connectivity index (χ1n) is 11.7. The van der Waals surface area contributed by atoms with Gasteiger partial charge in [0.2, 0.25) is 15.9 Å². The molecule has 1 aromatic carbocycles. The third-order valence-electron chi connectivity index (χ3n) is 6.52. The number of nitrogens with one attached hydrogen (secondary N) is 2. The van der Waals surface area contributed by atoms with Crippen LogP contribution in [0.2, 0.25) is 10.0 Å². The number of rotatable bonds is 7. The van der Waals surface area contributed by atoms with Gasteiger partial charge in [0.05, 0.1) is 17.2 Å². The number of benzene rings is 1. The highest BCUT2D eigenvalue weighted by Gasteiger charge is 2.30. The highest BCUT2D eigenvalue weighted by molar-refractivity contribution is 7.88. The Morgan fingerprint density at radius 3 is 2.63 bits per heavy atom. The molecule has 11 heteroatoms. The molecule has 1 atom stereocenters. The van der Waals surface area contributed by atoms with Gasteiger partial charge in [0, 0.05) is 60.9 Å². The normalized spacial score (nSPS) is 19.9. The molecule has 0 spiro atoms. The van der Waals surface area contributed by atoms with Gasteiger partial charge in [-0.05, 0) is 55.9 Å². The number of ether oxygens (including phenoxy) is 1. The van der Waals surface area contributed by atoms with Crippen LogP contribution in [0.5, 0.6) is 0 Å². The van der Waals surface area contributed by atoms with E-state index in [1.807, 2.05) is 18.2 Å². The highest BCUT2D eigenvalue weighted by Crippen LogP contribution is 2.36. The van der Waals surface area contributed by atoms with Gasteiger partial charge in [-0.25, -0.2) is 17.7 Å². The zero-order valence-corrected chi connectivity index (χ0v) is 21.9. The molecule has 2 aromatic rings. The summed E-state index contributed by atoms with van der Waals surface area (Å²) in [7, 11) is -3.34. The molecule has 0 aliphatic carbocycles. The number of hydrogen-bond donors (Lipinski definition) is 2. The molecular formula is C24H30Cl2N4O4S. The molecule has 2 aliphatic rings.